The van der Waals surface area contributed by atoms with E-state index >= 15 is 0 Å². The van der Waals surface area contributed by atoms with Gasteiger partial charge in [0.2, 0.25) is 11.8 Å². The van der Waals surface area contributed by atoms with Gasteiger partial charge in [0.25, 0.3) is 10.0 Å². The van der Waals surface area contributed by atoms with Gasteiger partial charge in [-0.2, -0.15) is 0 Å². The van der Waals surface area contributed by atoms with Crippen LogP contribution in [0.15, 0.2) is 71.6 Å². The number of sulfonamides is 1. The fraction of sp³-hybridized carbons (Fsp3) is 0.310. The van der Waals surface area contributed by atoms with Gasteiger partial charge >= 0.3 is 0 Å². The predicted octanol–water partition coefficient (Wildman–Crippen LogP) is 6.34. The summed E-state index contributed by atoms with van der Waals surface area (Å²) >= 11 is 19.1. The van der Waals surface area contributed by atoms with Crippen LogP contribution >= 0.6 is 34.8 Å². The van der Waals surface area contributed by atoms with Crippen LogP contribution in [0.25, 0.3) is 0 Å². The van der Waals surface area contributed by atoms with Crippen molar-refractivity contribution in [2.24, 2.45) is 5.92 Å². The Morgan fingerprint density at radius 1 is 0.875 bits per heavy atom. The summed E-state index contributed by atoms with van der Waals surface area (Å²) in [5, 5.41) is 3.37. The molecule has 0 spiro atoms. The highest BCUT2D eigenvalue weighted by atomic mass is 35.5. The van der Waals surface area contributed by atoms with E-state index in [2.05, 4.69) is 5.32 Å². The van der Waals surface area contributed by atoms with Crippen LogP contribution in [0.3, 0.4) is 0 Å². The molecule has 0 saturated carbocycles. The molecule has 1 atom stereocenters. The first-order chi connectivity index (χ1) is 18.8. The average Bonchev–Trinajstić information content (AvgIpc) is 2.91. The van der Waals surface area contributed by atoms with Crippen LogP contribution in [0.2, 0.25) is 15.1 Å². The largest absolute Gasteiger partial charge is 0.354 e. The molecule has 0 bridgehead atoms. The van der Waals surface area contributed by atoms with Crippen LogP contribution in [0, 0.1) is 12.8 Å². The maximum absolute atomic E-state index is 14.0. The molecule has 7 nitrogen and oxygen atoms in total. The number of nitrogens with zero attached hydrogens (tertiary/aromatic N) is 2. The summed E-state index contributed by atoms with van der Waals surface area (Å²) in [5.74, 6) is -0.800. The Morgan fingerprint density at radius 3 is 2.12 bits per heavy atom. The molecule has 1 unspecified atom stereocenters. The van der Waals surface area contributed by atoms with Gasteiger partial charge in [-0.1, -0.05) is 90.6 Å². The van der Waals surface area contributed by atoms with Gasteiger partial charge in [0.1, 0.15) is 12.6 Å². The van der Waals surface area contributed by atoms with E-state index in [1.807, 2.05) is 20.8 Å². The number of rotatable bonds is 11. The van der Waals surface area contributed by atoms with Crippen LogP contribution in [-0.2, 0) is 26.2 Å². The maximum atomic E-state index is 14.0. The minimum atomic E-state index is -4.27. The zero-order valence-electron chi connectivity index (χ0n) is 22.7. The van der Waals surface area contributed by atoms with Crippen molar-refractivity contribution in [3.05, 3.63) is 92.9 Å². The fourth-order valence-electron chi connectivity index (χ4n) is 3.88. The summed E-state index contributed by atoms with van der Waals surface area (Å²) in [6, 6.07) is 16.8. The van der Waals surface area contributed by atoms with Crippen molar-refractivity contribution in [2.75, 3.05) is 17.4 Å². The standard InChI is InChI=1S/C29H32Cl3N3O4S/c1-19(2)16-33-29(37)21(4)34(17-22-8-5-6-9-24(22)30)27(36)18-35(26-11-7-10-25(31)28(26)32)40(38,39)23-14-12-20(3)13-15-23/h5-15,19,21H,16-18H2,1-4H3,(H,33,37). The fourth-order valence-corrected chi connectivity index (χ4v) is 5.95. The Bertz CT molecular complexity index is 1460. The van der Waals surface area contributed by atoms with E-state index in [1.165, 1.54) is 29.2 Å². The molecule has 0 aliphatic carbocycles. The molecule has 11 heteroatoms. The molecular formula is C29H32Cl3N3O4S. The van der Waals surface area contributed by atoms with E-state index in [1.54, 1.807) is 49.4 Å². The molecule has 0 aliphatic rings. The Labute approximate surface area is 251 Å². The Balaban J connectivity index is 2.07. The van der Waals surface area contributed by atoms with Crippen LogP contribution in [-0.4, -0.2) is 44.3 Å². The second-order valence-electron chi connectivity index (χ2n) is 9.83. The summed E-state index contributed by atoms with van der Waals surface area (Å²) in [6.07, 6.45) is 0. The minimum Gasteiger partial charge on any atom is -0.354 e. The third-order valence-electron chi connectivity index (χ3n) is 6.24. The van der Waals surface area contributed by atoms with E-state index in [9.17, 15) is 18.0 Å². The molecule has 0 saturated heterocycles. The highest BCUT2D eigenvalue weighted by molar-refractivity contribution is 7.92. The number of aryl methyl sites for hydroxylation is 1. The highest BCUT2D eigenvalue weighted by Crippen LogP contribution is 2.35. The number of amides is 2. The normalized spacial score (nSPS) is 12.2. The lowest BCUT2D eigenvalue weighted by Crippen LogP contribution is -2.51. The molecule has 3 aromatic carbocycles. The zero-order chi connectivity index (χ0) is 29.6. The summed E-state index contributed by atoms with van der Waals surface area (Å²) in [5.41, 5.74) is 1.52. The minimum absolute atomic E-state index is 0.0174. The van der Waals surface area contributed by atoms with Gasteiger partial charge in [-0.05, 0) is 55.7 Å². The first-order valence-corrected chi connectivity index (χ1v) is 15.2. The van der Waals surface area contributed by atoms with Crippen molar-refractivity contribution in [1.82, 2.24) is 10.2 Å². The van der Waals surface area contributed by atoms with Gasteiger partial charge < -0.3 is 10.2 Å². The van der Waals surface area contributed by atoms with E-state index < -0.39 is 28.5 Å². The molecule has 0 aliphatic heterocycles. The van der Waals surface area contributed by atoms with E-state index in [0.717, 1.165) is 9.87 Å². The molecule has 0 radical (unpaired) electrons. The van der Waals surface area contributed by atoms with E-state index in [-0.39, 0.29) is 39.0 Å². The number of halogens is 3. The molecule has 2 amide bonds. The van der Waals surface area contributed by atoms with E-state index in [0.29, 0.717) is 17.1 Å². The molecule has 0 heterocycles. The van der Waals surface area contributed by atoms with Gasteiger partial charge in [0, 0.05) is 18.1 Å². The summed E-state index contributed by atoms with van der Waals surface area (Å²) in [7, 11) is -4.27. The number of anilines is 1. The second kappa shape index (κ2) is 13.7. The third kappa shape index (κ3) is 7.69. The molecular weight excluding hydrogens is 593 g/mol. The number of hydrogen-bond acceptors (Lipinski definition) is 4. The molecule has 0 fully saturated rings. The van der Waals surface area contributed by atoms with E-state index in [4.69, 9.17) is 34.8 Å². The first kappa shape index (κ1) is 31.7. The van der Waals surface area contributed by atoms with Gasteiger partial charge in [-0.25, -0.2) is 8.42 Å². The molecule has 3 rings (SSSR count). The van der Waals surface area contributed by atoms with Crippen molar-refractivity contribution in [3.63, 3.8) is 0 Å². The number of hydrogen-bond donors (Lipinski definition) is 1. The molecule has 214 valence electrons. The smallest absolute Gasteiger partial charge is 0.264 e. The lowest BCUT2D eigenvalue weighted by molar-refractivity contribution is -0.139. The average molecular weight is 625 g/mol. The lowest BCUT2D eigenvalue weighted by atomic mass is 10.1. The van der Waals surface area contributed by atoms with Crippen LogP contribution in [0.1, 0.15) is 31.9 Å². The summed E-state index contributed by atoms with van der Waals surface area (Å²) in [6.45, 7) is 7.11. The Morgan fingerprint density at radius 2 is 1.50 bits per heavy atom. The first-order valence-electron chi connectivity index (χ1n) is 12.7. The van der Waals surface area contributed by atoms with Crippen molar-refractivity contribution in [2.45, 2.75) is 45.2 Å². The number of carbonyl (C=O) groups excluding carboxylic acids is 2. The Kier molecular flexibility index (Phi) is 10.9. The molecule has 40 heavy (non-hydrogen) atoms. The monoisotopic (exact) mass is 623 g/mol. The van der Waals surface area contributed by atoms with Crippen molar-refractivity contribution < 1.29 is 18.0 Å². The summed E-state index contributed by atoms with van der Waals surface area (Å²) in [4.78, 5) is 28.3. The number of nitrogens with one attached hydrogen (secondary N) is 1. The van der Waals surface area contributed by atoms with Crippen molar-refractivity contribution in [3.8, 4) is 0 Å². The topological polar surface area (TPSA) is 86.8 Å². The van der Waals surface area contributed by atoms with Crippen LogP contribution in [0.4, 0.5) is 5.69 Å². The van der Waals surface area contributed by atoms with Crippen molar-refractivity contribution in [1.29, 1.82) is 0 Å². The van der Waals surface area contributed by atoms with Gasteiger partial charge in [-0.15, -0.1) is 0 Å². The predicted molar refractivity (Wildman–Crippen MR) is 161 cm³/mol. The maximum Gasteiger partial charge on any atom is 0.264 e. The SMILES string of the molecule is Cc1ccc(S(=O)(=O)N(CC(=O)N(Cc2ccccc2Cl)C(C)C(=O)NCC(C)C)c2cccc(Cl)c2Cl)cc1. The number of carbonyl (C=O) groups is 2. The van der Waals surface area contributed by atoms with Gasteiger partial charge in [0.05, 0.1) is 20.6 Å². The highest BCUT2D eigenvalue weighted by Gasteiger charge is 2.34. The second-order valence-corrected chi connectivity index (χ2v) is 12.9. The third-order valence-corrected chi connectivity index (χ3v) is 9.19. The quantitative estimate of drug-likeness (QED) is 0.270. The number of benzene rings is 3. The Hall–Kier alpha value is -2.78. The van der Waals surface area contributed by atoms with Gasteiger partial charge in [-0.3, -0.25) is 13.9 Å². The summed E-state index contributed by atoms with van der Waals surface area (Å²) < 4.78 is 28.7. The van der Waals surface area contributed by atoms with Crippen molar-refractivity contribution >= 4 is 62.3 Å². The zero-order valence-corrected chi connectivity index (χ0v) is 25.8. The molecule has 0 aromatic heterocycles. The van der Waals surface area contributed by atoms with Gasteiger partial charge in [0.15, 0.2) is 0 Å². The molecule has 3 aromatic rings. The van der Waals surface area contributed by atoms with Crippen LogP contribution < -0.4 is 9.62 Å². The molecule has 1 N–H and O–H groups in total. The van der Waals surface area contributed by atoms with Crippen LogP contribution in [0.5, 0.6) is 0 Å². The lowest BCUT2D eigenvalue weighted by Gasteiger charge is -2.32.